The van der Waals surface area contributed by atoms with Gasteiger partial charge in [-0.2, -0.15) is 0 Å². The summed E-state index contributed by atoms with van der Waals surface area (Å²) < 4.78 is 4.45. The topological polar surface area (TPSA) is 83.8 Å². The van der Waals surface area contributed by atoms with Crippen molar-refractivity contribution in [2.24, 2.45) is 0 Å². The van der Waals surface area contributed by atoms with Crippen molar-refractivity contribution < 1.29 is 24.5 Å². The molecule has 0 heterocycles. The van der Waals surface area contributed by atoms with Gasteiger partial charge in [0.1, 0.15) is 6.61 Å². The molecule has 5 nitrogen and oxygen atoms in total. The number of carboxylic acid groups (broad SMARTS) is 1. The molecule has 2 N–H and O–H groups in total. The Morgan fingerprint density at radius 1 is 1.60 bits per heavy atom. The second-order valence-corrected chi connectivity index (χ2v) is 2.37. The quantitative estimate of drug-likeness (QED) is 0.404. The third-order valence-corrected chi connectivity index (χ3v) is 0.859. The minimum atomic E-state index is -1.01. The molecular weight excluding hydrogens is 200 g/mol. The maximum absolute atomic E-state index is 10.3. The van der Waals surface area contributed by atoms with E-state index in [9.17, 15) is 9.59 Å². The molecular formula is C10H14O5. The van der Waals surface area contributed by atoms with Crippen molar-refractivity contribution in [3.05, 3.63) is 31.0 Å². The Labute approximate surface area is 88.0 Å². The van der Waals surface area contributed by atoms with Gasteiger partial charge in [-0.25, -0.2) is 9.59 Å². The Morgan fingerprint density at radius 2 is 2.13 bits per heavy atom. The first-order valence-corrected chi connectivity index (χ1v) is 4.00. The Balaban J connectivity index is 0. The van der Waals surface area contributed by atoms with Crippen LogP contribution in [0.15, 0.2) is 31.0 Å². The molecule has 0 bridgehead atoms. The molecule has 0 aliphatic heterocycles. The third-order valence-electron chi connectivity index (χ3n) is 0.859. The van der Waals surface area contributed by atoms with Gasteiger partial charge in [-0.05, 0) is 6.92 Å². The molecule has 1 unspecified atom stereocenters. The number of aliphatic hydroxyl groups excluding tert-OH is 1. The Kier molecular flexibility index (Phi) is 10.7. The lowest BCUT2D eigenvalue weighted by Gasteiger charge is -2.02. The third kappa shape index (κ3) is 18.9. The van der Waals surface area contributed by atoms with Gasteiger partial charge < -0.3 is 14.9 Å². The van der Waals surface area contributed by atoms with Crippen LogP contribution < -0.4 is 0 Å². The van der Waals surface area contributed by atoms with E-state index in [1.54, 1.807) is 0 Å². The van der Waals surface area contributed by atoms with Gasteiger partial charge in [-0.1, -0.05) is 13.2 Å². The lowest BCUT2D eigenvalue weighted by atomic mass is 10.4. The molecule has 0 rings (SSSR count). The molecule has 15 heavy (non-hydrogen) atoms. The Hall–Kier alpha value is -1.84. The predicted molar refractivity (Wildman–Crippen MR) is 54.2 cm³/mol. The first-order valence-electron chi connectivity index (χ1n) is 4.00. The zero-order valence-electron chi connectivity index (χ0n) is 8.47. The van der Waals surface area contributed by atoms with Crippen LogP contribution in [0.3, 0.4) is 0 Å². The predicted octanol–water partition coefficient (Wildman–Crippen LogP) is 0.508. The summed E-state index contributed by atoms with van der Waals surface area (Å²) in [6.45, 7) is 7.79. The van der Waals surface area contributed by atoms with Gasteiger partial charge in [-0.3, -0.25) is 0 Å². The second kappa shape index (κ2) is 10.2. The molecule has 0 aromatic carbocycles. The van der Waals surface area contributed by atoms with Crippen molar-refractivity contribution in [1.82, 2.24) is 0 Å². The zero-order chi connectivity index (χ0) is 12.3. The van der Waals surface area contributed by atoms with E-state index in [4.69, 9.17) is 10.2 Å². The highest BCUT2D eigenvalue weighted by Gasteiger charge is 1.98. The summed E-state index contributed by atoms with van der Waals surface area (Å²) in [4.78, 5) is 19.7. The number of rotatable bonds is 4. The van der Waals surface area contributed by atoms with Crippen molar-refractivity contribution >= 4 is 11.9 Å². The molecule has 1 atom stereocenters. The summed E-state index contributed by atoms with van der Waals surface area (Å²) in [5.41, 5.74) is 2.09. The number of carboxylic acids is 1. The van der Waals surface area contributed by atoms with E-state index in [2.05, 4.69) is 23.6 Å². The van der Waals surface area contributed by atoms with E-state index in [1.807, 2.05) is 0 Å². The first-order chi connectivity index (χ1) is 6.93. The number of carbonyl (C=O) groups is 2. The molecule has 0 aromatic rings. The van der Waals surface area contributed by atoms with Crippen molar-refractivity contribution in [3.8, 4) is 0 Å². The van der Waals surface area contributed by atoms with E-state index in [0.717, 1.165) is 12.2 Å². The van der Waals surface area contributed by atoms with Gasteiger partial charge in [0, 0.05) is 6.08 Å². The molecule has 0 radical (unpaired) electrons. The maximum atomic E-state index is 10.3. The fraction of sp³-hybridized carbons (Fsp3) is 0.300. The van der Waals surface area contributed by atoms with Gasteiger partial charge in [0.15, 0.2) is 0 Å². The van der Waals surface area contributed by atoms with Crippen LogP contribution in [0.4, 0.5) is 0 Å². The highest BCUT2D eigenvalue weighted by Crippen LogP contribution is 1.83. The van der Waals surface area contributed by atoms with Crippen molar-refractivity contribution in [3.63, 3.8) is 0 Å². The minimum absolute atomic E-state index is 0.0326. The van der Waals surface area contributed by atoms with E-state index in [-0.39, 0.29) is 6.61 Å². The number of aliphatic carboxylic acids is 1. The monoisotopic (exact) mass is 214 g/mol. The Bertz CT molecular complexity index is 261. The minimum Gasteiger partial charge on any atom is -0.478 e. The number of ether oxygens (including phenoxy) is 1. The smallest absolute Gasteiger partial charge is 0.336 e. The lowest BCUT2D eigenvalue weighted by Crippen LogP contribution is -2.13. The largest absolute Gasteiger partial charge is 0.478 e. The number of hydrogen-bond acceptors (Lipinski definition) is 4. The van der Waals surface area contributed by atoms with Crippen molar-refractivity contribution in [1.29, 1.82) is 0 Å². The highest BCUT2D eigenvalue weighted by molar-refractivity contribution is 5.81. The van der Waals surface area contributed by atoms with Gasteiger partial charge in [0.05, 0.1) is 12.2 Å². The van der Waals surface area contributed by atoms with E-state index < -0.39 is 18.0 Å². The van der Waals surface area contributed by atoms with Gasteiger partial charge in [0.2, 0.25) is 0 Å². The van der Waals surface area contributed by atoms with Gasteiger partial charge in [0.25, 0.3) is 0 Å². The molecule has 0 aliphatic carbocycles. The van der Waals surface area contributed by atoms with Gasteiger partial charge in [-0.15, -0.1) is 5.73 Å². The molecule has 0 saturated carbocycles. The normalized spacial score (nSPS) is 9.73. The van der Waals surface area contributed by atoms with Crippen LogP contribution in [0.25, 0.3) is 0 Å². The van der Waals surface area contributed by atoms with Crippen LogP contribution >= 0.6 is 0 Å². The summed E-state index contributed by atoms with van der Waals surface area (Å²) in [5.74, 6) is -1.51. The van der Waals surface area contributed by atoms with Gasteiger partial charge >= 0.3 is 11.9 Å². The summed E-state index contributed by atoms with van der Waals surface area (Å²) in [6, 6.07) is 0. The Morgan fingerprint density at radius 3 is 2.33 bits per heavy atom. The van der Waals surface area contributed by atoms with Crippen molar-refractivity contribution in [2.75, 3.05) is 6.61 Å². The number of hydrogen-bond donors (Lipinski definition) is 2. The number of aliphatic hydroxyl groups is 1. The van der Waals surface area contributed by atoms with Crippen LogP contribution in [0.5, 0.6) is 0 Å². The van der Waals surface area contributed by atoms with Crippen LogP contribution in [0.2, 0.25) is 0 Å². The fourth-order valence-corrected chi connectivity index (χ4v) is 0.349. The van der Waals surface area contributed by atoms with Crippen molar-refractivity contribution in [2.45, 2.75) is 13.0 Å². The number of carbonyl (C=O) groups excluding carboxylic acids is 1. The lowest BCUT2D eigenvalue weighted by molar-refractivity contribution is -0.140. The molecule has 0 aromatic heterocycles. The summed E-state index contributed by atoms with van der Waals surface area (Å²) >= 11 is 0. The SMILES string of the molecule is C=C=CC(=O)O.C=CC(=O)OCC(C)O. The molecule has 0 amide bonds. The first kappa shape index (κ1) is 15.6. The molecule has 0 spiro atoms. The second-order valence-electron chi connectivity index (χ2n) is 2.37. The van der Waals surface area contributed by atoms with Crippen LogP contribution in [-0.4, -0.2) is 34.9 Å². The van der Waals surface area contributed by atoms with E-state index >= 15 is 0 Å². The standard InChI is InChI=1S/C6H10O3.C4H4O2/c1-3-6(8)9-4-5(2)7;1-2-3-4(5)6/h3,5,7H,1,4H2,2H3;3H,1H2,(H,5,6). The highest BCUT2D eigenvalue weighted by atomic mass is 16.5. The summed E-state index contributed by atoms with van der Waals surface area (Å²) in [5, 5.41) is 16.3. The maximum Gasteiger partial charge on any atom is 0.336 e. The molecule has 84 valence electrons. The molecule has 0 fully saturated rings. The summed E-state index contributed by atoms with van der Waals surface area (Å²) in [7, 11) is 0. The van der Waals surface area contributed by atoms with E-state index in [1.165, 1.54) is 6.92 Å². The molecule has 0 saturated heterocycles. The summed E-state index contributed by atoms with van der Waals surface area (Å²) in [6.07, 6.45) is 1.30. The average molecular weight is 214 g/mol. The fourth-order valence-electron chi connectivity index (χ4n) is 0.349. The zero-order valence-corrected chi connectivity index (χ0v) is 8.47. The van der Waals surface area contributed by atoms with Crippen LogP contribution in [0, 0.1) is 0 Å². The molecule has 0 aliphatic rings. The van der Waals surface area contributed by atoms with Crippen LogP contribution in [-0.2, 0) is 14.3 Å². The average Bonchev–Trinajstić information content (AvgIpc) is 2.14. The van der Waals surface area contributed by atoms with Crippen LogP contribution in [0.1, 0.15) is 6.92 Å². The molecule has 5 heteroatoms. The number of esters is 1. The van der Waals surface area contributed by atoms with E-state index in [0.29, 0.717) is 0 Å².